The topological polar surface area (TPSA) is 44.5 Å². The number of hydrogen-bond acceptors (Lipinski definition) is 3. The predicted molar refractivity (Wildman–Crippen MR) is 49.2 cm³/mol. The molecule has 0 rings (SSSR count). The van der Waals surface area contributed by atoms with Gasteiger partial charge in [-0.05, 0) is 19.1 Å². The lowest BCUT2D eigenvalue weighted by Crippen LogP contribution is -1.87. The van der Waals surface area contributed by atoms with Crippen molar-refractivity contribution in [1.29, 1.82) is 0 Å². The van der Waals surface area contributed by atoms with Crippen molar-refractivity contribution < 1.29 is 9.47 Å². The Morgan fingerprint density at radius 1 is 1.25 bits per heavy atom. The van der Waals surface area contributed by atoms with Crippen molar-refractivity contribution in [2.75, 3.05) is 14.2 Å². The van der Waals surface area contributed by atoms with Crippen LogP contribution in [-0.2, 0) is 9.47 Å². The molecule has 0 spiro atoms. The molecule has 0 amide bonds. The maximum atomic E-state index is 5.24. The third-order valence-electron chi connectivity index (χ3n) is 1.31. The minimum Gasteiger partial charge on any atom is -0.501 e. The van der Waals surface area contributed by atoms with E-state index in [2.05, 4.69) is 0 Å². The largest absolute Gasteiger partial charge is 0.501 e. The molecule has 0 saturated heterocycles. The highest BCUT2D eigenvalue weighted by Gasteiger charge is 1.84. The molecule has 0 aliphatic heterocycles. The summed E-state index contributed by atoms with van der Waals surface area (Å²) in [6.45, 7) is 1.86. The summed E-state index contributed by atoms with van der Waals surface area (Å²) in [6.07, 6.45) is 6.78. The summed E-state index contributed by atoms with van der Waals surface area (Å²) in [6, 6.07) is 0. The summed E-state index contributed by atoms with van der Waals surface area (Å²) < 4.78 is 9.81. The van der Waals surface area contributed by atoms with E-state index in [1.807, 2.05) is 13.0 Å². The molecule has 0 radical (unpaired) electrons. The maximum absolute atomic E-state index is 5.24. The van der Waals surface area contributed by atoms with E-state index >= 15 is 0 Å². The fourth-order valence-electron chi connectivity index (χ4n) is 0.538. The molecule has 0 atom stereocenters. The standard InChI is InChI=1S/C9H15NO2/c1-8(11-2)5-4-6-9(7-10)12-3/h4-7H,10H2,1-3H3/b6-4-,8-5+,9-7-. The van der Waals surface area contributed by atoms with Gasteiger partial charge in [0.2, 0.25) is 0 Å². The molecule has 0 heterocycles. The number of ether oxygens (including phenoxy) is 2. The maximum Gasteiger partial charge on any atom is 0.134 e. The smallest absolute Gasteiger partial charge is 0.134 e. The van der Waals surface area contributed by atoms with Gasteiger partial charge in [-0.1, -0.05) is 6.08 Å². The lowest BCUT2D eigenvalue weighted by Gasteiger charge is -1.97. The van der Waals surface area contributed by atoms with Crippen LogP contribution in [0.3, 0.4) is 0 Å². The molecule has 0 saturated carbocycles. The Labute approximate surface area is 73.2 Å². The second-order valence-corrected chi connectivity index (χ2v) is 2.11. The van der Waals surface area contributed by atoms with Gasteiger partial charge in [-0.3, -0.25) is 0 Å². The molecule has 0 aromatic carbocycles. The Bertz CT molecular complexity index is 205. The van der Waals surface area contributed by atoms with Crippen LogP contribution in [0.2, 0.25) is 0 Å². The van der Waals surface area contributed by atoms with Gasteiger partial charge in [0.15, 0.2) is 0 Å². The Morgan fingerprint density at radius 2 is 1.92 bits per heavy atom. The van der Waals surface area contributed by atoms with Crippen LogP contribution in [0.4, 0.5) is 0 Å². The molecule has 0 fully saturated rings. The molecule has 0 bridgehead atoms. The zero-order valence-corrected chi connectivity index (χ0v) is 7.70. The van der Waals surface area contributed by atoms with Crippen LogP contribution >= 0.6 is 0 Å². The van der Waals surface area contributed by atoms with Crippen molar-refractivity contribution in [1.82, 2.24) is 0 Å². The Kier molecular flexibility index (Phi) is 5.61. The van der Waals surface area contributed by atoms with Gasteiger partial charge < -0.3 is 15.2 Å². The van der Waals surface area contributed by atoms with E-state index in [-0.39, 0.29) is 0 Å². The molecule has 3 heteroatoms. The monoisotopic (exact) mass is 169 g/mol. The van der Waals surface area contributed by atoms with Gasteiger partial charge in [0.05, 0.1) is 20.0 Å². The minimum absolute atomic E-state index is 0.621. The van der Waals surface area contributed by atoms with Gasteiger partial charge in [-0.2, -0.15) is 0 Å². The minimum atomic E-state index is 0.621. The first-order chi connectivity index (χ1) is 5.74. The van der Waals surface area contributed by atoms with E-state index in [9.17, 15) is 0 Å². The summed E-state index contributed by atoms with van der Waals surface area (Å²) in [7, 11) is 3.19. The first kappa shape index (κ1) is 10.6. The van der Waals surface area contributed by atoms with Crippen molar-refractivity contribution in [3.8, 4) is 0 Å². The normalized spacial score (nSPS) is 13.6. The van der Waals surface area contributed by atoms with Crippen LogP contribution in [0.15, 0.2) is 35.9 Å². The van der Waals surface area contributed by atoms with E-state index in [1.165, 1.54) is 6.20 Å². The highest BCUT2D eigenvalue weighted by molar-refractivity contribution is 5.17. The van der Waals surface area contributed by atoms with Gasteiger partial charge in [0.1, 0.15) is 5.76 Å². The Hall–Kier alpha value is -1.38. The van der Waals surface area contributed by atoms with Gasteiger partial charge in [-0.25, -0.2) is 0 Å². The van der Waals surface area contributed by atoms with Crippen molar-refractivity contribution in [3.63, 3.8) is 0 Å². The van der Waals surface area contributed by atoms with E-state index in [4.69, 9.17) is 15.2 Å². The number of rotatable bonds is 4. The molecular weight excluding hydrogens is 154 g/mol. The summed E-state index contributed by atoms with van der Waals surface area (Å²) in [5.41, 5.74) is 5.24. The van der Waals surface area contributed by atoms with E-state index in [0.29, 0.717) is 5.76 Å². The quantitative estimate of drug-likeness (QED) is 0.513. The molecular formula is C9H15NO2. The third kappa shape index (κ3) is 4.44. The van der Waals surface area contributed by atoms with Gasteiger partial charge in [0.25, 0.3) is 0 Å². The van der Waals surface area contributed by atoms with Crippen molar-refractivity contribution in [3.05, 3.63) is 35.9 Å². The molecule has 0 aliphatic rings. The summed E-state index contributed by atoms with van der Waals surface area (Å²) in [4.78, 5) is 0. The first-order valence-corrected chi connectivity index (χ1v) is 3.59. The van der Waals surface area contributed by atoms with Gasteiger partial charge >= 0.3 is 0 Å². The van der Waals surface area contributed by atoms with Crippen LogP contribution in [-0.4, -0.2) is 14.2 Å². The second-order valence-electron chi connectivity index (χ2n) is 2.11. The summed E-state index contributed by atoms with van der Waals surface area (Å²) in [5, 5.41) is 0. The number of allylic oxidation sites excluding steroid dienone is 4. The van der Waals surface area contributed by atoms with E-state index in [1.54, 1.807) is 26.4 Å². The number of hydrogen-bond donors (Lipinski definition) is 1. The van der Waals surface area contributed by atoms with Crippen LogP contribution in [0.1, 0.15) is 6.92 Å². The third-order valence-corrected chi connectivity index (χ3v) is 1.31. The molecule has 3 nitrogen and oxygen atoms in total. The van der Waals surface area contributed by atoms with E-state index < -0.39 is 0 Å². The average molecular weight is 169 g/mol. The molecule has 0 aromatic heterocycles. The van der Waals surface area contributed by atoms with Gasteiger partial charge in [0, 0.05) is 6.20 Å². The second kappa shape index (κ2) is 6.34. The first-order valence-electron chi connectivity index (χ1n) is 3.59. The molecule has 0 unspecified atom stereocenters. The van der Waals surface area contributed by atoms with Crippen LogP contribution in [0.5, 0.6) is 0 Å². The number of nitrogens with two attached hydrogens (primary N) is 1. The lowest BCUT2D eigenvalue weighted by molar-refractivity contribution is 0.293. The fourth-order valence-corrected chi connectivity index (χ4v) is 0.538. The van der Waals surface area contributed by atoms with E-state index in [0.717, 1.165) is 5.76 Å². The molecule has 68 valence electrons. The predicted octanol–water partition coefficient (Wildman–Crippen LogP) is 1.54. The van der Waals surface area contributed by atoms with Crippen LogP contribution in [0.25, 0.3) is 0 Å². The summed E-state index contributed by atoms with van der Waals surface area (Å²) in [5.74, 6) is 1.45. The van der Waals surface area contributed by atoms with Crippen LogP contribution < -0.4 is 5.73 Å². The highest BCUT2D eigenvalue weighted by Crippen LogP contribution is 1.97. The molecule has 2 N–H and O–H groups in total. The molecule has 0 aliphatic carbocycles. The number of methoxy groups -OCH3 is 2. The fraction of sp³-hybridized carbons (Fsp3) is 0.333. The highest BCUT2D eigenvalue weighted by atomic mass is 16.5. The SMILES string of the molecule is COC(/C=C\C=C(/C)OC)=C\N. The van der Waals surface area contributed by atoms with Crippen molar-refractivity contribution in [2.45, 2.75) is 6.92 Å². The van der Waals surface area contributed by atoms with Crippen LogP contribution in [0, 0.1) is 0 Å². The molecule has 12 heavy (non-hydrogen) atoms. The summed E-state index contributed by atoms with van der Waals surface area (Å²) >= 11 is 0. The lowest BCUT2D eigenvalue weighted by atomic mass is 10.4. The van der Waals surface area contributed by atoms with Gasteiger partial charge in [-0.15, -0.1) is 0 Å². The zero-order valence-electron chi connectivity index (χ0n) is 7.70. The Morgan fingerprint density at radius 3 is 2.33 bits per heavy atom. The molecule has 0 aromatic rings. The Balaban J connectivity index is 4.07. The zero-order chi connectivity index (χ0) is 9.40. The van der Waals surface area contributed by atoms with Crippen molar-refractivity contribution >= 4 is 0 Å². The van der Waals surface area contributed by atoms with Crippen molar-refractivity contribution in [2.24, 2.45) is 5.73 Å². The average Bonchev–Trinajstić information content (AvgIpc) is 2.12.